The van der Waals surface area contributed by atoms with Crippen molar-refractivity contribution in [2.24, 2.45) is 0 Å². The van der Waals surface area contributed by atoms with E-state index >= 15 is 0 Å². The molecular weight excluding hydrogens is 210 g/mol. The van der Waals surface area contributed by atoms with Gasteiger partial charge in [0, 0.05) is 6.26 Å². The van der Waals surface area contributed by atoms with Gasteiger partial charge >= 0.3 is 0 Å². The van der Waals surface area contributed by atoms with Crippen LogP contribution in [0.1, 0.15) is 11.1 Å². The lowest BCUT2D eigenvalue weighted by molar-refractivity contribution is 0.601. The Labute approximate surface area is 91.4 Å². The molecule has 0 aliphatic carbocycles. The van der Waals surface area contributed by atoms with E-state index in [-0.39, 0.29) is 5.75 Å². The average Bonchev–Trinajstić information content (AvgIpc) is 2.14. The molecule has 3 nitrogen and oxygen atoms in total. The smallest absolute Gasteiger partial charge is 0.151 e. The van der Waals surface area contributed by atoms with Gasteiger partial charge in [-0.05, 0) is 31.1 Å². The average molecular weight is 227 g/mol. The van der Waals surface area contributed by atoms with Gasteiger partial charge in [-0.25, -0.2) is 8.42 Å². The molecule has 1 N–H and O–H groups in total. The quantitative estimate of drug-likeness (QED) is 0.816. The Balaban J connectivity index is 2.64. The number of rotatable bonds is 5. The summed E-state index contributed by atoms with van der Waals surface area (Å²) in [6, 6.07) is 7.73. The molecule has 0 radical (unpaired) electrons. The zero-order valence-corrected chi connectivity index (χ0v) is 9.97. The zero-order chi connectivity index (χ0) is 11.3. The van der Waals surface area contributed by atoms with Gasteiger partial charge in [0.2, 0.25) is 0 Å². The van der Waals surface area contributed by atoms with Crippen molar-refractivity contribution in [1.29, 1.82) is 0 Å². The second-order valence-electron chi connectivity index (χ2n) is 3.74. The van der Waals surface area contributed by atoms with Crippen molar-refractivity contribution < 1.29 is 8.42 Å². The minimum atomic E-state index is -2.92. The number of benzene rings is 1. The van der Waals surface area contributed by atoms with Gasteiger partial charge in [0.15, 0.2) is 9.84 Å². The lowest BCUT2D eigenvalue weighted by Gasteiger charge is -2.03. The van der Waals surface area contributed by atoms with E-state index in [4.69, 9.17) is 0 Å². The Bertz CT molecular complexity index is 395. The molecule has 0 amide bonds. The van der Waals surface area contributed by atoms with Gasteiger partial charge in [-0.15, -0.1) is 0 Å². The number of likely N-dealkylation sites (N-methyl/N-ethyl adjacent to an activating group) is 1. The third kappa shape index (κ3) is 4.95. The lowest BCUT2D eigenvalue weighted by Crippen LogP contribution is -2.10. The van der Waals surface area contributed by atoms with Crippen molar-refractivity contribution in [3.05, 3.63) is 35.4 Å². The molecule has 0 atom stereocenters. The van der Waals surface area contributed by atoms with Crippen LogP contribution in [0.25, 0.3) is 0 Å². The normalized spacial score (nSPS) is 11.6. The Hall–Kier alpha value is -0.870. The van der Waals surface area contributed by atoms with Crippen molar-refractivity contribution in [1.82, 2.24) is 5.32 Å². The van der Waals surface area contributed by atoms with Crippen LogP contribution in [-0.4, -0.2) is 28.3 Å². The van der Waals surface area contributed by atoms with E-state index in [1.165, 1.54) is 11.8 Å². The van der Waals surface area contributed by atoms with Crippen LogP contribution in [0.2, 0.25) is 0 Å². The highest BCUT2D eigenvalue weighted by Crippen LogP contribution is 2.08. The summed E-state index contributed by atoms with van der Waals surface area (Å²) < 4.78 is 22.1. The molecule has 0 unspecified atom stereocenters. The minimum Gasteiger partial charge on any atom is -0.319 e. The molecule has 1 aromatic rings. The largest absolute Gasteiger partial charge is 0.319 e. The molecular formula is C11H17NO2S. The molecule has 0 heterocycles. The predicted octanol–water partition coefficient (Wildman–Crippen LogP) is 0.993. The van der Waals surface area contributed by atoms with Gasteiger partial charge in [0.1, 0.15) is 0 Å². The van der Waals surface area contributed by atoms with E-state index in [0.29, 0.717) is 0 Å². The summed E-state index contributed by atoms with van der Waals surface area (Å²) in [5.74, 6) is 0.124. The fourth-order valence-corrected chi connectivity index (χ4v) is 2.17. The maximum absolute atomic E-state index is 11.0. The fraction of sp³-hybridized carbons (Fsp3) is 0.455. The molecule has 1 aromatic carbocycles. The molecule has 0 bridgehead atoms. The third-order valence-electron chi connectivity index (χ3n) is 2.12. The fourth-order valence-electron chi connectivity index (χ4n) is 1.37. The molecule has 15 heavy (non-hydrogen) atoms. The van der Waals surface area contributed by atoms with Crippen LogP contribution in [0.5, 0.6) is 0 Å². The van der Waals surface area contributed by atoms with Gasteiger partial charge < -0.3 is 5.32 Å². The monoisotopic (exact) mass is 227 g/mol. The lowest BCUT2D eigenvalue weighted by atomic mass is 10.1. The summed E-state index contributed by atoms with van der Waals surface area (Å²) in [6.45, 7) is 0.936. The molecule has 0 aliphatic rings. The molecule has 0 aliphatic heterocycles. The van der Waals surface area contributed by atoms with Gasteiger partial charge in [-0.1, -0.05) is 24.3 Å². The number of nitrogens with one attached hydrogen (secondary N) is 1. The number of hydrogen-bond acceptors (Lipinski definition) is 3. The summed E-state index contributed by atoms with van der Waals surface area (Å²) in [5, 5.41) is 3.07. The zero-order valence-electron chi connectivity index (χ0n) is 9.16. The van der Waals surface area contributed by atoms with E-state index in [0.717, 1.165) is 18.5 Å². The Kier molecular flexibility index (Phi) is 4.29. The summed E-state index contributed by atoms with van der Waals surface area (Å²) in [7, 11) is -1.00. The Morgan fingerprint density at radius 3 is 2.13 bits per heavy atom. The van der Waals surface area contributed by atoms with Crippen LogP contribution in [0.15, 0.2) is 24.3 Å². The van der Waals surface area contributed by atoms with E-state index in [1.54, 1.807) is 0 Å². The van der Waals surface area contributed by atoms with Crippen LogP contribution >= 0.6 is 0 Å². The molecule has 0 saturated heterocycles. The molecule has 0 spiro atoms. The summed E-state index contributed by atoms with van der Waals surface area (Å²) >= 11 is 0. The van der Waals surface area contributed by atoms with Crippen molar-refractivity contribution in [2.45, 2.75) is 12.2 Å². The second-order valence-corrected chi connectivity index (χ2v) is 5.88. The van der Waals surface area contributed by atoms with E-state index in [9.17, 15) is 8.42 Å². The van der Waals surface area contributed by atoms with Gasteiger partial charge in [-0.2, -0.15) is 0 Å². The first-order chi connectivity index (χ1) is 7.01. The van der Waals surface area contributed by atoms with E-state index in [1.807, 2.05) is 31.3 Å². The molecule has 1 rings (SSSR count). The van der Waals surface area contributed by atoms with Crippen LogP contribution in [-0.2, 0) is 22.0 Å². The van der Waals surface area contributed by atoms with Crippen LogP contribution in [0.3, 0.4) is 0 Å². The molecule has 0 aromatic heterocycles. The topological polar surface area (TPSA) is 46.2 Å². The second kappa shape index (κ2) is 5.28. The standard InChI is InChI=1S/C11H17NO2S/c1-12-8-7-10-3-5-11(6-4-10)9-15(2,13)14/h3-6,12H,7-9H2,1-2H3. The summed E-state index contributed by atoms with van der Waals surface area (Å²) in [5.41, 5.74) is 2.08. The first kappa shape index (κ1) is 12.2. The van der Waals surface area contributed by atoms with Crippen molar-refractivity contribution in [3.63, 3.8) is 0 Å². The number of hydrogen-bond donors (Lipinski definition) is 1. The van der Waals surface area contributed by atoms with Gasteiger partial charge in [0.05, 0.1) is 5.75 Å². The minimum absolute atomic E-state index is 0.124. The van der Waals surface area contributed by atoms with Crippen molar-refractivity contribution >= 4 is 9.84 Å². The SMILES string of the molecule is CNCCc1ccc(CS(C)(=O)=O)cc1. The summed E-state index contributed by atoms with van der Waals surface area (Å²) in [4.78, 5) is 0. The van der Waals surface area contributed by atoms with E-state index < -0.39 is 9.84 Å². The van der Waals surface area contributed by atoms with Crippen LogP contribution in [0.4, 0.5) is 0 Å². The highest BCUT2D eigenvalue weighted by molar-refractivity contribution is 7.89. The maximum Gasteiger partial charge on any atom is 0.151 e. The first-order valence-electron chi connectivity index (χ1n) is 4.91. The van der Waals surface area contributed by atoms with Crippen LogP contribution < -0.4 is 5.32 Å². The molecule has 0 fully saturated rings. The third-order valence-corrected chi connectivity index (χ3v) is 2.97. The summed E-state index contributed by atoms with van der Waals surface area (Å²) in [6.07, 6.45) is 2.22. The Morgan fingerprint density at radius 1 is 1.13 bits per heavy atom. The molecule has 4 heteroatoms. The maximum atomic E-state index is 11.0. The highest BCUT2D eigenvalue weighted by Gasteiger charge is 2.03. The number of sulfone groups is 1. The predicted molar refractivity (Wildman–Crippen MR) is 62.6 cm³/mol. The van der Waals surface area contributed by atoms with E-state index in [2.05, 4.69) is 5.32 Å². The molecule has 84 valence electrons. The van der Waals surface area contributed by atoms with Crippen molar-refractivity contribution in [3.8, 4) is 0 Å². The Morgan fingerprint density at radius 2 is 1.67 bits per heavy atom. The van der Waals surface area contributed by atoms with Crippen molar-refractivity contribution in [2.75, 3.05) is 19.8 Å². The first-order valence-corrected chi connectivity index (χ1v) is 6.97. The van der Waals surface area contributed by atoms with Crippen LogP contribution in [0, 0.1) is 0 Å². The van der Waals surface area contributed by atoms with Gasteiger partial charge in [-0.3, -0.25) is 0 Å². The molecule has 0 saturated carbocycles. The van der Waals surface area contributed by atoms with Gasteiger partial charge in [0.25, 0.3) is 0 Å². The highest BCUT2D eigenvalue weighted by atomic mass is 32.2.